The van der Waals surface area contributed by atoms with Crippen LogP contribution < -0.4 is 14.8 Å². The zero-order chi connectivity index (χ0) is 19.4. The lowest BCUT2D eigenvalue weighted by molar-refractivity contribution is -0.138. The Kier molecular flexibility index (Phi) is 5.86. The number of rotatable bonds is 5. The van der Waals surface area contributed by atoms with E-state index in [2.05, 4.69) is 5.32 Å². The molecule has 0 unspecified atom stereocenters. The lowest BCUT2D eigenvalue weighted by Gasteiger charge is -2.28. The van der Waals surface area contributed by atoms with Crippen molar-refractivity contribution in [2.75, 3.05) is 32.6 Å². The van der Waals surface area contributed by atoms with E-state index in [0.717, 1.165) is 11.3 Å². The van der Waals surface area contributed by atoms with Gasteiger partial charge >= 0.3 is 0 Å². The molecule has 0 fully saturated rings. The summed E-state index contributed by atoms with van der Waals surface area (Å²) in [5, 5.41) is 3.37. The van der Waals surface area contributed by atoms with Crippen molar-refractivity contribution < 1.29 is 19.1 Å². The van der Waals surface area contributed by atoms with Gasteiger partial charge in [-0.15, -0.1) is 0 Å². The fraction of sp³-hybridized carbons (Fsp3) is 0.300. The molecule has 1 atom stereocenters. The monoisotopic (exact) mass is 388 g/mol. The second-order valence-electron chi connectivity index (χ2n) is 6.44. The van der Waals surface area contributed by atoms with Crippen LogP contribution in [0.2, 0.25) is 5.02 Å². The van der Waals surface area contributed by atoms with Crippen LogP contribution in [0.4, 0.5) is 5.69 Å². The molecule has 2 aromatic rings. The minimum absolute atomic E-state index is 0.0467. The average Bonchev–Trinajstić information content (AvgIpc) is 2.66. The topological polar surface area (TPSA) is 67.9 Å². The second-order valence-corrected chi connectivity index (χ2v) is 6.87. The molecule has 0 aromatic heterocycles. The summed E-state index contributed by atoms with van der Waals surface area (Å²) in [7, 11) is 3.17. The maximum absolute atomic E-state index is 12.7. The number of likely N-dealkylation sites (N-methyl/N-ethyl adjacent to an activating group) is 1. The van der Waals surface area contributed by atoms with Crippen LogP contribution in [-0.4, -0.2) is 44.0 Å². The number of carbonyl (C=O) groups excluding carboxylic acids is 2. The lowest BCUT2D eigenvalue weighted by Crippen LogP contribution is -2.42. The second kappa shape index (κ2) is 8.31. The number of halogens is 1. The number of amides is 2. The molecule has 142 valence electrons. The van der Waals surface area contributed by atoms with Crippen LogP contribution in [0.25, 0.3) is 0 Å². The van der Waals surface area contributed by atoms with Gasteiger partial charge in [0.25, 0.3) is 0 Å². The van der Waals surface area contributed by atoms with Crippen molar-refractivity contribution in [2.45, 2.75) is 6.42 Å². The van der Waals surface area contributed by atoms with Gasteiger partial charge in [-0.05, 0) is 42.3 Å². The Balaban J connectivity index is 1.58. The van der Waals surface area contributed by atoms with E-state index in [4.69, 9.17) is 21.1 Å². The highest BCUT2D eigenvalue weighted by molar-refractivity contribution is 6.30. The first-order chi connectivity index (χ1) is 13.0. The summed E-state index contributed by atoms with van der Waals surface area (Å²) < 4.78 is 10.8. The molecule has 1 N–H and O–H groups in total. The molecule has 2 amide bonds. The number of nitrogens with zero attached hydrogens (tertiary/aromatic N) is 1. The van der Waals surface area contributed by atoms with Gasteiger partial charge in [0.05, 0.1) is 19.6 Å². The molecule has 0 spiro atoms. The normalized spacial score (nSPS) is 15.3. The number of carbonyl (C=O) groups is 2. The van der Waals surface area contributed by atoms with E-state index in [1.165, 1.54) is 4.90 Å². The third kappa shape index (κ3) is 4.71. The number of hydrogen-bond donors (Lipinski definition) is 1. The van der Waals surface area contributed by atoms with Crippen molar-refractivity contribution >= 4 is 29.1 Å². The molecule has 1 heterocycles. The van der Waals surface area contributed by atoms with Crippen LogP contribution in [0.3, 0.4) is 0 Å². The number of hydrogen-bond acceptors (Lipinski definition) is 4. The van der Waals surface area contributed by atoms with Gasteiger partial charge in [-0.3, -0.25) is 9.59 Å². The van der Waals surface area contributed by atoms with Crippen LogP contribution >= 0.6 is 11.6 Å². The summed E-state index contributed by atoms with van der Waals surface area (Å²) in [5.41, 5.74) is 1.52. The number of methoxy groups -OCH3 is 1. The molecule has 0 saturated carbocycles. The number of anilines is 1. The fourth-order valence-corrected chi connectivity index (χ4v) is 3.22. The van der Waals surface area contributed by atoms with Crippen LogP contribution in [-0.2, 0) is 16.0 Å². The van der Waals surface area contributed by atoms with E-state index in [0.29, 0.717) is 22.9 Å². The standard InChI is InChI=1S/C20H21ClN2O4/c1-23(11-19(24)22-16-4-3-5-17(10-16)26-2)20(25)14-8-13-9-15(21)6-7-18(13)27-12-14/h3-7,9-10,14H,8,11-12H2,1-2H3,(H,22,24)/t14-/m0/s1. The summed E-state index contributed by atoms with van der Waals surface area (Å²) in [6.45, 7) is 0.240. The Morgan fingerprint density at radius 2 is 2.11 bits per heavy atom. The summed E-state index contributed by atoms with van der Waals surface area (Å²) in [6, 6.07) is 12.4. The molecular weight excluding hydrogens is 368 g/mol. The van der Waals surface area contributed by atoms with Gasteiger partial charge in [0.1, 0.15) is 18.1 Å². The van der Waals surface area contributed by atoms with E-state index >= 15 is 0 Å². The zero-order valence-corrected chi connectivity index (χ0v) is 16.0. The Morgan fingerprint density at radius 1 is 1.30 bits per heavy atom. The van der Waals surface area contributed by atoms with Gasteiger partial charge in [0.2, 0.25) is 11.8 Å². The highest BCUT2D eigenvalue weighted by atomic mass is 35.5. The Morgan fingerprint density at radius 3 is 2.89 bits per heavy atom. The number of ether oxygens (including phenoxy) is 2. The van der Waals surface area contributed by atoms with Crippen molar-refractivity contribution in [2.24, 2.45) is 5.92 Å². The van der Waals surface area contributed by atoms with Crippen LogP contribution in [0.15, 0.2) is 42.5 Å². The average molecular weight is 389 g/mol. The molecular formula is C20H21ClN2O4. The molecule has 6 nitrogen and oxygen atoms in total. The number of benzene rings is 2. The van der Waals surface area contributed by atoms with Gasteiger partial charge < -0.3 is 19.7 Å². The SMILES string of the molecule is COc1cccc(NC(=O)CN(C)C(=O)[C@@H]2COc3ccc(Cl)cc3C2)c1. The maximum atomic E-state index is 12.7. The van der Waals surface area contributed by atoms with Crippen molar-refractivity contribution in [3.05, 3.63) is 53.1 Å². The highest BCUT2D eigenvalue weighted by Gasteiger charge is 2.29. The van der Waals surface area contributed by atoms with E-state index < -0.39 is 0 Å². The molecule has 27 heavy (non-hydrogen) atoms. The van der Waals surface area contributed by atoms with Crippen LogP contribution in [0.1, 0.15) is 5.56 Å². The predicted octanol–water partition coefficient (Wildman–Crippen LogP) is 3.00. The van der Waals surface area contributed by atoms with E-state index in [1.807, 2.05) is 12.1 Å². The predicted molar refractivity (Wildman–Crippen MR) is 103 cm³/mol. The summed E-state index contributed by atoms with van der Waals surface area (Å²) in [6.07, 6.45) is 0.538. The summed E-state index contributed by atoms with van der Waals surface area (Å²) in [4.78, 5) is 26.4. The van der Waals surface area contributed by atoms with Gasteiger partial charge in [-0.1, -0.05) is 17.7 Å². The first-order valence-corrected chi connectivity index (χ1v) is 8.94. The van der Waals surface area contributed by atoms with Crippen molar-refractivity contribution in [3.63, 3.8) is 0 Å². The molecule has 3 rings (SSSR count). The van der Waals surface area contributed by atoms with Crippen LogP contribution in [0.5, 0.6) is 11.5 Å². The molecule has 0 bridgehead atoms. The molecule has 2 aromatic carbocycles. The van der Waals surface area contributed by atoms with Crippen molar-refractivity contribution in [1.82, 2.24) is 4.90 Å². The highest BCUT2D eigenvalue weighted by Crippen LogP contribution is 2.30. The first-order valence-electron chi connectivity index (χ1n) is 8.56. The minimum Gasteiger partial charge on any atom is -0.497 e. The van der Waals surface area contributed by atoms with E-state index in [-0.39, 0.29) is 30.9 Å². The smallest absolute Gasteiger partial charge is 0.243 e. The third-order valence-corrected chi connectivity index (χ3v) is 4.62. The number of nitrogens with one attached hydrogen (secondary N) is 1. The molecule has 1 aliphatic heterocycles. The molecule has 0 aliphatic carbocycles. The quantitative estimate of drug-likeness (QED) is 0.855. The van der Waals surface area contributed by atoms with Crippen molar-refractivity contribution in [1.29, 1.82) is 0 Å². The van der Waals surface area contributed by atoms with Crippen LogP contribution in [0, 0.1) is 5.92 Å². The third-order valence-electron chi connectivity index (χ3n) is 4.39. The Labute approximate surface area is 163 Å². The van der Waals surface area contributed by atoms with Gasteiger partial charge in [-0.2, -0.15) is 0 Å². The summed E-state index contributed by atoms with van der Waals surface area (Å²) in [5.74, 6) is 0.641. The summed E-state index contributed by atoms with van der Waals surface area (Å²) >= 11 is 6.02. The maximum Gasteiger partial charge on any atom is 0.243 e. The minimum atomic E-state index is -0.342. The molecule has 7 heteroatoms. The molecule has 0 saturated heterocycles. The van der Waals surface area contributed by atoms with Gasteiger partial charge in [0.15, 0.2) is 0 Å². The fourth-order valence-electron chi connectivity index (χ4n) is 3.03. The Bertz CT molecular complexity index is 856. The lowest BCUT2D eigenvalue weighted by atomic mass is 9.95. The van der Waals surface area contributed by atoms with Gasteiger partial charge in [-0.25, -0.2) is 0 Å². The Hall–Kier alpha value is -2.73. The molecule has 1 aliphatic rings. The number of fused-ring (bicyclic) bond motifs is 1. The first kappa shape index (κ1) is 19.0. The van der Waals surface area contributed by atoms with E-state index in [1.54, 1.807) is 44.5 Å². The molecule has 0 radical (unpaired) electrons. The largest absolute Gasteiger partial charge is 0.497 e. The zero-order valence-electron chi connectivity index (χ0n) is 15.2. The van der Waals surface area contributed by atoms with E-state index in [9.17, 15) is 9.59 Å². The van der Waals surface area contributed by atoms with Gasteiger partial charge in [0, 0.05) is 23.8 Å². The van der Waals surface area contributed by atoms with Crippen molar-refractivity contribution in [3.8, 4) is 11.5 Å².